The number of amides is 2. The summed E-state index contributed by atoms with van der Waals surface area (Å²) in [6.07, 6.45) is 1.54. The first-order valence-corrected chi connectivity index (χ1v) is 10.5. The summed E-state index contributed by atoms with van der Waals surface area (Å²) < 4.78 is 4.96. The highest BCUT2D eigenvalue weighted by Crippen LogP contribution is 2.34. The van der Waals surface area contributed by atoms with E-state index >= 15 is 0 Å². The topological polar surface area (TPSA) is 107 Å². The Kier molecular flexibility index (Phi) is 5.65. The molecule has 0 N–H and O–H groups in total. The number of fused-ring (bicyclic) bond motifs is 1. The highest BCUT2D eigenvalue weighted by Gasteiger charge is 2.36. The zero-order valence-electron chi connectivity index (χ0n) is 16.8. The van der Waals surface area contributed by atoms with Gasteiger partial charge in [0, 0.05) is 22.6 Å². The molecule has 0 saturated carbocycles. The molecular formula is C23H16N2O6S. The Bertz CT molecular complexity index is 1280. The van der Waals surface area contributed by atoms with E-state index in [9.17, 15) is 24.5 Å². The molecule has 0 spiro atoms. The van der Waals surface area contributed by atoms with Crippen LogP contribution < -0.4 is 4.90 Å². The first-order chi connectivity index (χ1) is 15.4. The van der Waals surface area contributed by atoms with Gasteiger partial charge in [0.15, 0.2) is 0 Å². The monoisotopic (exact) mass is 448 g/mol. The lowest BCUT2D eigenvalue weighted by Gasteiger charge is -2.28. The second kappa shape index (κ2) is 8.56. The molecule has 0 saturated heterocycles. The number of anilines is 1. The summed E-state index contributed by atoms with van der Waals surface area (Å²) in [6, 6.07) is 14.1. The van der Waals surface area contributed by atoms with E-state index < -0.39 is 22.7 Å². The largest absolute Gasteiger partial charge is 0.462 e. The normalized spacial score (nSPS) is 14.4. The Balaban J connectivity index is 1.77. The van der Waals surface area contributed by atoms with Crippen molar-refractivity contribution in [3.8, 4) is 0 Å². The number of hydrogen-bond donors (Lipinski definition) is 0. The van der Waals surface area contributed by atoms with Gasteiger partial charge in [0.1, 0.15) is 0 Å². The van der Waals surface area contributed by atoms with Crippen molar-refractivity contribution in [3.05, 3.63) is 92.3 Å². The summed E-state index contributed by atoms with van der Waals surface area (Å²) in [7, 11) is 0. The van der Waals surface area contributed by atoms with Crippen molar-refractivity contribution >= 4 is 51.5 Å². The van der Waals surface area contributed by atoms with Crippen LogP contribution in [0.3, 0.4) is 0 Å². The highest BCUT2D eigenvalue weighted by molar-refractivity contribution is 7.13. The summed E-state index contributed by atoms with van der Waals surface area (Å²) in [6.45, 7) is 1.93. The molecule has 1 aliphatic rings. The number of carbonyl (C=O) groups excluding carboxylic acids is 3. The van der Waals surface area contributed by atoms with E-state index in [0.717, 1.165) is 16.2 Å². The molecule has 1 aliphatic heterocycles. The molecule has 9 heteroatoms. The standard InChI is InChI=1S/C23H16N2O6S/c1-2-31-23(28)15-7-9-16(10-8-15)24-21(26)18-6-4-3-5-17(18)19(22(24)27)11-14-12-20(25(29)30)32-13-14/h3-13H,2H2,1H3/b19-11-. The quantitative estimate of drug-likeness (QED) is 0.186. The van der Waals surface area contributed by atoms with Gasteiger partial charge in [0.2, 0.25) is 0 Å². The smallest absolute Gasteiger partial charge is 0.338 e. The van der Waals surface area contributed by atoms with E-state index in [-0.39, 0.29) is 17.2 Å². The van der Waals surface area contributed by atoms with Gasteiger partial charge >= 0.3 is 11.0 Å². The summed E-state index contributed by atoms with van der Waals surface area (Å²) in [5.74, 6) is -1.56. The van der Waals surface area contributed by atoms with Crippen LogP contribution in [0.25, 0.3) is 11.6 Å². The molecule has 4 rings (SSSR count). The SMILES string of the molecule is CCOC(=O)c1ccc(N2C(=O)/C(=C\c3csc([N+](=O)[O-])c3)c3ccccc3C2=O)cc1. The van der Waals surface area contributed by atoms with Gasteiger partial charge in [-0.1, -0.05) is 29.5 Å². The number of carbonyl (C=O) groups is 3. The van der Waals surface area contributed by atoms with E-state index in [4.69, 9.17) is 4.74 Å². The fourth-order valence-corrected chi connectivity index (χ4v) is 4.05. The number of benzene rings is 2. The Hall–Kier alpha value is -4.11. The molecule has 1 aromatic heterocycles. The molecule has 0 radical (unpaired) electrons. The molecule has 32 heavy (non-hydrogen) atoms. The maximum Gasteiger partial charge on any atom is 0.338 e. The molecule has 0 atom stereocenters. The molecule has 8 nitrogen and oxygen atoms in total. The summed E-state index contributed by atoms with van der Waals surface area (Å²) in [5, 5.41) is 12.5. The Morgan fingerprint density at radius 1 is 1.09 bits per heavy atom. The van der Waals surface area contributed by atoms with Crippen LogP contribution in [-0.2, 0) is 9.53 Å². The minimum Gasteiger partial charge on any atom is -0.462 e. The number of ether oxygens (including phenoxy) is 1. The van der Waals surface area contributed by atoms with Crippen LogP contribution in [0.2, 0.25) is 0 Å². The number of esters is 1. The van der Waals surface area contributed by atoms with Crippen molar-refractivity contribution in [2.75, 3.05) is 11.5 Å². The minimum absolute atomic E-state index is 0.0455. The second-order valence-corrected chi connectivity index (χ2v) is 7.68. The van der Waals surface area contributed by atoms with Crippen LogP contribution in [0, 0.1) is 10.1 Å². The molecule has 3 aromatic rings. The number of nitrogens with zero attached hydrogens (tertiary/aromatic N) is 2. The van der Waals surface area contributed by atoms with Crippen LogP contribution in [0.5, 0.6) is 0 Å². The van der Waals surface area contributed by atoms with Gasteiger partial charge in [-0.3, -0.25) is 19.7 Å². The third-order valence-corrected chi connectivity index (χ3v) is 5.72. The predicted octanol–water partition coefficient (Wildman–Crippen LogP) is 4.56. The van der Waals surface area contributed by atoms with Gasteiger partial charge in [0.25, 0.3) is 11.8 Å². The van der Waals surface area contributed by atoms with E-state index in [1.807, 2.05) is 0 Å². The zero-order valence-corrected chi connectivity index (χ0v) is 17.6. The Morgan fingerprint density at radius 2 is 1.78 bits per heavy atom. The predicted molar refractivity (Wildman–Crippen MR) is 120 cm³/mol. The third-order valence-electron chi connectivity index (χ3n) is 4.82. The van der Waals surface area contributed by atoms with E-state index in [1.165, 1.54) is 36.4 Å². The fraction of sp³-hybridized carbons (Fsp3) is 0.0870. The van der Waals surface area contributed by atoms with Gasteiger partial charge in [-0.15, -0.1) is 0 Å². The maximum absolute atomic E-state index is 13.4. The van der Waals surface area contributed by atoms with Gasteiger partial charge < -0.3 is 4.74 Å². The summed E-state index contributed by atoms with van der Waals surface area (Å²) >= 11 is 0.955. The number of hydrogen-bond acceptors (Lipinski definition) is 7. The highest BCUT2D eigenvalue weighted by atomic mass is 32.1. The Labute approximate surface area is 186 Å². The first kappa shape index (κ1) is 21.1. The lowest BCUT2D eigenvalue weighted by Crippen LogP contribution is -2.41. The van der Waals surface area contributed by atoms with Crippen LogP contribution in [0.1, 0.15) is 38.8 Å². The molecule has 2 heterocycles. The van der Waals surface area contributed by atoms with Crippen molar-refractivity contribution in [1.29, 1.82) is 0 Å². The van der Waals surface area contributed by atoms with E-state index in [2.05, 4.69) is 0 Å². The van der Waals surface area contributed by atoms with Crippen molar-refractivity contribution in [2.45, 2.75) is 6.92 Å². The molecule has 0 aliphatic carbocycles. The number of nitro groups is 1. The van der Waals surface area contributed by atoms with Crippen LogP contribution >= 0.6 is 11.3 Å². The van der Waals surface area contributed by atoms with Crippen molar-refractivity contribution in [3.63, 3.8) is 0 Å². The van der Waals surface area contributed by atoms with Gasteiger partial charge in [-0.2, -0.15) is 0 Å². The summed E-state index contributed by atoms with van der Waals surface area (Å²) in [5.41, 5.74) is 2.11. The van der Waals surface area contributed by atoms with E-state index in [1.54, 1.807) is 36.6 Å². The summed E-state index contributed by atoms with van der Waals surface area (Å²) in [4.78, 5) is 50.0. The molecule has 0 fully saturated rings. The molecule has 2 aromatic carbocycles. The maximum atomic E-state index is 13.4. The van der Waals surface area contributed by atoms with Crippen molar-refractivity contribution < 1.29 is 24.0 Å². The van der Waals surface area contributed by atoms with E-state index in [0.29, 0.717) is 27.9 Å². The number of rotatable bonds is 5. The van der Waals surface area contributed by atoms with Crippen molar-refractivity contribution in [1.82, 2.24) is 0 Å². The number of imide groups is 1. The second-order valence-electron chi connectivity index (χ2n) is 6.79. The van der Waals surface area contributed by atoms with Crippen LogP contribution in [-0.4, -0.2) is 29.3 Å². The molecule has 2 amide bonds. The zero-order chi connectivity index (χ0) is 22.8. The van der Waals surface area contributed by atoms with Crippen LogP contribution in [0.15, 0.2) is 60.0 Å². The first-order valence-electron chi connectivity index (χ1n) is 9.60. The lowest BCUT2D eigenvalue weighted by atomic mass is 9.92. The molecule has 0 unspecified atom stereocenters. The lowest BCUT2D eigenvalue weighted by molar-refractivity contribution is -0.380. The number of thiophene rings is 1. The average molecular weight is 448 g/mol. The third kappa shape index (κ3) is 3.81. The minimum atomic E-state index is -0.563. The Morgan fingerprint density at radius 3 is 2.41 bits per heavy atom. The molecular weight excluding hydrogens is 432 g/mol. The van der Waals surface area contributed by atoms with Gasteiger partial charge in [-0.05, 0) is 54.5 Å². The van der Waals surface area contributed by atoms with Gasteiger partial charge in [-0.25, -0.2) is 9.69 Å². The molecule has 0 bridgehead atoms. The van der Waals surface area contributed by atoms with Crippen molar-refractivity contribution in [2.24, 2.45) is 0 Å². The fourth-order valence-electron chi connectivity index (χ4n) is 3.36. The average Bonchev–Trinajstić information content (AvgIpc) is 3.26. The van der Waals surface area contributed by atoms with Crippen LogP contribution in [0.4, 0.5) is 10.7 Å². The molecule has 160 valence electrons. The van der Waals surface area contributed by atoms with Gasteiger partial charge in [0.05, 0.1) is 22.8 Å².